The number of hydrogen-bond donors (Lipinski definition) is 0. The third-order valence-electron chi connectivity index (χ3n) is 1.05. The van der Waals surface area contributed by atoms with Crippen molar-refractivity contribution in [3.63, 3.8) is 0 Å². The summed E-state index contributed by atoms with van der Waals surface area (Å²) in [6, 6.07) is 0. The molecule has 0 N–H and O–H groups in total. The molecule has 0 bridgehead atoms. The maximum absolute atomic E-state index is 10.6. The van der Waals surface area contributed by atoms with Gasteiger partial charge in [0, 0.05) is 6.42 Å². The Kier molecular flexibility index (Phi) is 4.86. The molecular formula is C8H12O2S. The summed E-state index contributed by atoms with van der Waals surface area (Å²) in [5.41, 5.74) is 0. The average molecular weight is 172 g/mol. The fourth-order valence-electron chi connectivity index (χ4n) is 0.654. The van der Waals surface area contributed by atoms with Crippen LogP contribution in [0.25, 0.3) is 0 Å². The summed E-state index contributed by atoms with van der Waals surface area (Å²) >= 11 is 1.45. The molecule has 0 spiro atoms. The number of allylic oxidation sites excluding steroid dienone is 2. The van der Waals surface area contributed by atoms with Crippen LogP contribution in [0.4, 0.5) is 0 Å². The van der Waals surface area contributed by atoms with E-state index >= 15 is 0 Å². The average Bonchev–Trinajstić information content (AvgIpc) is 1.84. The molecule has 0 unspecified atom stereocenters. The van der Waals surface area contributed by atoms with Crippen molar-refractivity contribution in [3.05, 3.63) is 11.0 Å². The van der Waals surface area contributed by atoms with Crippen LogP contribution in [0.5, 0.6) is 0 Å². The van der Waals surface area contributed by atoms with Crippen LogP contribution in [-0.4, -0.2) is 17.8 Å². The van der Waals surface area contributed by atoms with Gasteiger partial charge in [-0.05, 0) is 31.1 Å². The van der Waals surface area contributed by atoms with Crippen LogP contribution in [0, 0.1) is 0 Å². The molecule has 0 saturated heterocycles. The van der Waals surface area contributed by atoms with Crippen LogP contribution >= 0.6 is 11.8 Å². The Hall–Kier alpha value is -0.570. The van der Waals surface area contributed by atoms with E-state index in [1.807, 2.05) is 6.26 Å². The minimum atomic E-state index is -0.00407. The van der Waals surface area contributed by atoms with Crippen molar-refractivity contribution < 1.29 is 9.59 Å². The van der Waals surface area contributed by atoms with E-state index in [9.17, 15) is 9.59 Å². The lowest BCUT2D eigenvalue weighted by Gasteiger charge is -1.97. The van der Waals surface area contributed by atoms with Crippen molar-refractivity contribution in [2.45, 2.75) is 20.3 Å². The number of thioether (sulfide) groups is 1. The molecule has 62 valence electrons. The van der Waals surface area contributed by atoms with E-state index in [1.165, 1.54) is 31.7 Å². The zero-order valence-corrected chi connectivity index (χ0v) is 7.83. The van der Waals surface area contributed by atoms with E-state index in [-0.39, 0.29) is 11.6 Å². The maximum atomic E-state index is 10.6. The highest BCUT2D eigenvalue weighted by Crippen LogP contribution is 2.15. The van der Waals surface area contributed by atoms with Gasteiger partial charge in [-0.15, -0.1) is 11.8 Å². The molecule has 0 saturated carbocycles. The zero-order chi connectivity index (χ0) is 8.85. The molecule has 0 atom stereocenters. The minimum Gasteiger partial charge on any atom is -0.300 e. The molecule has 0 heterocycles. The van der Waals surface area contributed by atoms with Crippen molar-refractivity contribution in [2.24, 2.45) is 0 Å². The van der Waals surface area contributed by atoms with Crippen LogP contribution in [-0.2, 0) is 9.59 Å². The van der Waals surface area contributed by atoms with Gasteiger partial charge in [0.15, 0.2) is 5.78 Å². The molecule has 0 fully saturated rings. The molecule has 11 heavy (non-hydrogen) atoms. The van der Waals surface area contributed by atoms with Crippen LogP contribution in [0.2, 0.25) is 0 Å². The Morgan fingerprint density at radius 2 is 1.91 bits per heavy atom. The molecule has 0 rings (SSSR count). The standard InChI is InChI=1S/C8H12O2S/c1-6(9)4-8(11-3)5-7(2)10/h4H,5H2,1-3H3/b8-4+. The summed E-state index contributed by atoms with van der Waals surface area (Å²) in [6.07, 6.45) is 3.74. The summed E-state index contributed by atoms with van der Waals surface area (Å²) in [6.45, 7) is 3.00. The second-order valence-electron chi connectivity index (χ2n) is 2.30. The summed E-state index contributed by atoms with van der Waals surface area (Å²) < 4.78 is 0. The van der Waals surface area contributed by atoms with Gasteiger partial charge in [-0.25, -0.2) is 0 Å². The molecule has 0 aliphatic rings. The fourth-order valence-corrected chi connectivity index (χ4v) is 1.29. The van der Waals surface area contributed by atoms with Crippen LogP contribution < -0.4 is 0 Å². The second kappa shape index (κ2) is 5.13. The van der Waals surface area contributed by atoms with Gasteiger partial charge in [0.2, 0.25) is 0 Å². The molecule has 0 aliphatic heterocycles. The van der Waals surface area contributed by atoms with Gasteiger partial charge in [-0.1, -0.05) is 0 Å². The lowest BCUT2D eigenvalue weighted by Crippen LogP contribution is -1.93. The van der Waals surface area contributed by atoms with E-state index < -0.39 is 0 Å². The Morgan fingerprint density at radius 3 is 2.18 bits per heavy atom. The number of carbonyl (C=O) groups is 2. The number of Topliss-reactive ketones (excluding diaryl/α,β-unsaturated/α-hetero) is 1. The van der Waals surface area contributed by atoms with Gasteiger partial charge in [-0.3, -0.25) is 9.59 Å². The second-order valence-corrected chi connectivity index (χ2v) is 3.24. The van der Waals surface area contributed by atoms with Crippen molar-refractivity contribution >= 4 is 23.3 Å². The molecule has 3 heteroatoms. The Bertz CT molecular complexity index is 194. The van der Waals surface area contributed by atoms with E-state index in [0.717, 1.165) is 4.91 Å². The topological polar surface area (TPSA) is 34.1 Å². The molecule has 0 aromatic heterocycles. The largest absolute Gasteiger partial charge is 0.300 e. The first-order valence-electron chi connectivity index (χ1n) is 3.31. The Labute approximate surface area is 71.1 Å². The highest BCUT2D eigenvalue weighted by Gasteiger charge is 2.00. The first-order chi connectivity index (χ1) is 5.06. The highest BCUT2D eigenvalue weighted by atomic mass is 32.2. The summed E-state index contributed by atoms with van der Waals surface area (Å²) in [4.78, 5) is 22.1. The molecule has 0 radical (unpaired) electrons. The van der Waals surface area contributed by atoms with E-state index in [4.69, 9.17) is 0 Å². The lowest BCUT2D eigenvalue weighted by atomic mass is 10.2. The Balaban J connectivity index is 4.16. The maximum Gasteiger partial charge on any atom is 0.153 e. The van der Waals surface area contributed by atoms with E-state index in [1.54, 1.807) is 0 Å². The van der Waals surface area contributed by atoms with Gasteiger partial charge in [0.05, 0.1) is 0 Å². The Morgan fingerprint density at radius 1 is 1.36 bits per heavy atom. The monoisotopic (exact) mass is 172 g/mol. The number of rotatable bonds is 4. The van der Waals surface area contributed by atoms with Gasteiger partial charge < -0.3 is 0 Å². The van der Waals surface area contributed by atoms with Gasteiger partial charge in [0.25, 0.3) is 0 Å². The SMILES string of the molecule is CS/C(=C/C(C)=O)CC(C)=O. The lowest BCUT2D eigenvalue weighted by molar-refractivity contribution is -0.116. The van der Waals surface area contributed by atoms with Gasteiger partial charge >= 0.3 is 0 Å². The number of ketones is 2. The van der Waals surface area contributed by atoms with Crippen LogP contribution in [0.3, 0.4) is 0 Å². The first kappa shape index (κ1) is 10.4. The molecular weight excluding hydrogens is 160 g/mol. The fraction of sp³-hybridized carbons (Fsp3) is 0.500. The van der Waals surface area contributed by atoms with Crippen molar-refractivity contribution in [1.29, 1.82) is 0 Å². The molecule has 0 aromatic rings. The summed E-state index contributed by atoms with van der Waals surface area (Å²) in [5, 5.41) is 0. The van der Waals surface area contributed by atoms with Gasteiger partial charge in [0.1, 0.15) is 5.78 Å². The smallest absolute Gasteiger partial charge is 0.153 e. The van der Waals surface area contributed by atoms with Crippen molar-refractivity contribution in [2.75, 3.05) is 6.26 Å². The third kappa shape index (κ3) is 5.85. The molecule has 2 nitrogen and oxygen atoms in total. The van der Waals surface area contributed by atoms with Crippen molar-refractivity contribution in [3.8, 4) is 0 Å². The quantitative estimate of drug-likeness (QED) is 0.606. The molecule has 0 aromatic carbocycles. The number of carbonyl (C=O) groups excluding carboxylic acids is 2. The summed E-state index contributed by atoms with van der Waals surface area (Å²) in [7, 11) is 0. The number of hydrogen-bond acceptors (Lipinski definition) is 3. The molecule has 0 aliphatic carbocycles. The van der Waals surface area contributed by atoms with E-state index in [2.05, 4.69) is 0 Å². The minimum absolute atomic E-state index is 0.00407. The van der Waals surface area contributed by atoms with Crippen molar-refractivity contribution in [1.82, 2.24) is 0 Å². The van der Waals surface area contributed by atoms with Crippen LogP contribution in [0.1, 0.15) is 20.3 Å². The van der Waals surface area contributed by atoms with Gasteiger partial charge in [-0.2, -0.15) is 0 Å². The first-order valence-corrected chi connectivity index (χ1v) is 4.53. The van der Waals surface area contributed by atoms with Crippen LogP contribution in [0.15, 0.2) is 11.0 Å². The predicted octanol–water partition coefficient (Wildman–Crippen LogP) is 1.80. The highest BCUT2D eigenvalue weighted by molar-refractivity contribution is 8.02. The zero-order valence-electron chi connectivity index (χ0n) is 7.01. The normalized spacial score (nSPS) is 11.4. The predicted molar refractivity (Wildman–Crippen MR) is 47.6 cm³/mol. The van der Waals surface area contributed by atoms with E-state index in [0.29, 0.717) is 6.42 Å². The molecule has 0 amide bonds. The third-order valence-corrected chi connectivity index (χ3v) is 1.84. The summed E-state index contributed by atoms with van der Waals surface area (Å²) in [5.74, 6) is 0.0856.